The highest BCUT2D eigenvalue weighted by atomic mass is 19.4. The Kier molecular flexibility index (Phi) is 2.57. The molecule has 0 rings (SSSR count). The zero-order valence-electron chi connectivity index (χ0n) is 4.49. The summed E-state index contributed by atoms with van der Waals surface area (Å²) in [6, 6.07) is 0.466. The molecule has 1 atom stereocenters. The topological polar surface area (TPSA) is 23.8 Å². The molecule has 0 aromatic heterocycles. The summed E-state index contributed by atoms with van der Waals surface area (Å²) in [5, 5.41) is 7.58. The molecule has 1 nitrogen and oxygen atoms in total. The van der Waals surface area contributed by atoms with E-state index < -0.39 is 18.5 Å². The Morgan fingerprint density at radius 2 is 1.60 bits per heavy atom. The lowest BCUT2D eigenvalue weighted by molar-refractivity contribution is -0.188. The number of hydrogen-bond donors (Lipinski definition) is 0. The first-order chi connectivity index (χ1) is 4.39. The van der Waals surface area contributed by atoms with E-state index in [1.54, 1.807) is 0 Å². The van der Waals surface area contributed by atoms with E-state index in [0.717, 1.165) is 0 Å². The molecule has 58 valence electrons. The van der Waals surface area contributed by atoms with Crippen molar-refractivity contribution in [2.24, 2.45) is 5.92 Å². The summed E-state index contributed by atoms with van der Waals surface area (Å²) in [5.41, 5.74) is 0. The summed E-state index contributed by atoms with van der Waals surface area (Å²) < 4.78 is 56.3. The van der Waals surface area contributed by atoms with Crippen LogP contribution in [0.2, 0.25) is 0 Å². The van der Waals surface area contributed by atoms with Gasteiger partial charge in [-0.3, -0.25) is 0 Å². The van der Waals surface area contributed by atoms with E-state index in [9.17, 15) is 22.0 Å². The molecule has 0 amide bonds. The predicted molar refractivity (Wildman–Crippen MR) is 21.2 cm³/mol. The number of rotatable bonds is 1. The second kappa shape index (κ2) is 2.82. The average molecular weight is 159 g/mol. The molecule has 0 radical (unpaired) electrons. The Bertz CT molecular complexity index is 143. The zero-order valence-corrected chi connectivity index (χ0v) is 4.49. The van der Waals surface area contributed by atoms with E-state index in [1.807, 2.05) is 0 Å². The summed E-state index contributed by atoms with van der Waals surface area (Å²) in [6.45, 7) is 0. The average Bonchev–Trinajstić information content (AvgIpc) is 1.60. The monoisotopic (exact) mass is 159 g/mol. The highest BCUT2D eigenvalue weighted by Gasteiger charge is 2.46. The Morgan fingerprint density at radius 3 is 1.60 bits per heavy atom. The predicted octanol–water partition coefficient (Wildman–Crippen LogP) is 1.95. The van der Waals surface area contributed by atoms with Gasteiger partial charge in [-0.15, -0.1) is 0 Å². The molecule has 0 aromatic rings. The van der Waals surface area contributed by atoms with Crippen LogP contribution in [0.25, 0.3) is 0 Å². The first-order valence-corrected chi connectivity index (χ1v) is 2.14. The van der Waals surface area contributed by atoms with E-state index in [0.29, 0.717) is 6.07 Å². The van der Waals surface area contributed by atoms with Gasteiger partial charge in [0.15, 0.2) is 0 Å². The molecule has 10 heavy (non-hydrogen) atoms. The van der Waals surface area contributed by atoms with Gasteiger partial charge in [0.05, 0.1) is 6.07 Å². The third-order valence-corrected chi connectivity index (χ3v) is 0.744. The van der Waals surface area contributed by atoms with Crippen molar-refractivity contribution >= 4 is 0 Å². The Hall–Kier alpha value is -0.860. The fourth-order valence-corrected chi connectivity index (χ4v) is 0.272. The van der Waals surface area contributed by atoms with Gasteiger partial charge in [0, 0.05) is 0 Å². The van der Waals surface area contributed by atoms with Crippen LogP contribution in [0, 0.1) is 17.2 Å². The maximum atomic E-state index is 11.3. The molecule has 0 spiro atoms. The smallest absolute Gasteiger partial charge is 0.209 e. The molecule has 1 unspecified atom stereocenters. The highest BCUT2D eigenvalue weighted by Crippen LogP contribution is 2.30. The number of nitriles is 1. The number of nitrogens with zero attached hydrogens (tertiary/aromatic N) is 1. The van der Waals surface area contributed by atoms with Crippen molar-refractivity contribution < 1.29 is 22.0 Å². The van der Waals surface area contributed by atoms with Crippen LogP contribution in [0.3, 0.4) is 0 Å². The lowest BCUT2D eigenvalue weighted by Gasteiger charge is -2.10. The van der Waals surface area contributed by atoms with Gasteiger partial charge >= 0.3 is 6.18 Å². The molecule has 0 aliphatic carbocycles. The number of alkyl halides is 5. The summed E-state index contributed by atoms with van der Waals surface area (Å²) in [6.07, 6.45) is -8.78. The third kappa shape index (κ3) is 2.17. The molecule has 0 bridgehead atoms. The van der Waals surface area contributed by atoms with Crippen molar-refractivity contribution in [2.75, 3.05) is 0 Å². The molecule has 0 aliphatic rings. The van der Waals surface area contributed by atoms with Crippen molar-refractivity contribution in [3.63, 3.8) is 0 Å². The molecule has 0 fully saturated rings. The Labute approximate surface area is 53.1 Å². The van der Waals surface area contributed by atoms with Crippen molar-refractivity contribution in [1.82, 2.24) is 0 Å². The Morgan fingerprint density at radius 1 is 1.20 bits per heavy atom. The molecular weight excluding hydrogens is 157 g/mol. The Balaban J connectivity index is 4.26. The molecule has 0 saturated heterocycles. The molecule has 0 heterocycles. The molecule has 0 aliphatic heterocycles. The minimum Gasteiger partial charge on any atom is -0.209 e. The second-order valence-corrected chi connectivity index (χ2v) is 1.48. The number of halogens is 5. The van der Waals surface area contributed by atoms with Gasteiger partial charge in [0.1, 0.15) is 0 Å². The third-order valence-electron chi connectivity index (χ3n) is 0.744. The minimum atomic E-state index is -5.12. The van der Waals surface area contributed by atoms with Crippen LogP contribution in [-0.2, 0) is 0 Å². The van der Waals surface area contributed by atoms with Crippen LogP contribution in [-0.4, -0.2) is 12.6 Å². The summed E-state index contributed by atoms with van der Waals surface area (Å²) >= 11 is 0. The van der Waals surface area contributed by atoms with Crippen molar-refractivity contribution in [3.05, 3.63) is 0 Å². The van der Waals surface area contributed by atoms with E-state index >= 15 is 0 Å². The normalized spacial score (nSPS) is 14.9. The van der Waals surface area contributed by atoms with Gasteiger partial charge in [-0.2, -0.15) is 18.4 Å². The van der Waals surface area contributed by atoms with Gasteiger partial charge in [0.2, 0.25) is 5.92 Å². The van der Waals surface area contributed by atoms with Crippen molar-refractivity contribution in [3.8, 4) is 6.07 Å². The quantitative estimate of drug-likeness (QED) is 0.536. The van der Waals surface area contributed by atoms with Crippen molar-refractivity contribution in [2.45, 2.75) is 12.6 Å². The van der Waals surface area contributed by atoms with Crippen molar-refractivity contribution in [1.29, 1.82) is 5.26 Å². The van der Waals surface area contributed by atoms with Crippen LogP contribution in [0.4, 0.5) is 22.0 Å². The van der Waals surface area contributed by atoms with Gasteiger partial charge < -0.3 is 0 Å². The van der Waals surface area contributed by atoms with Gasteiger partial charge in [-0.05, 0) is 0 Å². The fraction of sp³-hybridized carbons (Fsp3) is 0.750. The first-order valence-electron chi connectivity index (χ1n) is 2.14. The summed E-state index contributed by atoms with van der Waals surface area (Å²) in [4.78, 5) is 0. The van der Waals surface area contributed by atoms with Gasteiger partial charge in [0.25, 0.3) is 6.43 Å². The van der Waals surface area contributed by atoms with Gasteiger partial charge in [-0.1, -0.05) is 0 Å². The lowest BCUT2D eigenvalue weighted by Crippen LogP contribution is -2.27. The SMILES string of the molecule is N#CC(C(F)F)C(F)(F)F. The zero-order chi connectivity index (χ0) is 8.36. The van der Waals surface area contributed by atoms with Gasteiger partial charge in [-0.25, -0.2) is 8.78 Å². The molecule has 0 aromatic carbocycles. The maximum Gasteiger partial charge on any atom is 0.410 e. The van der Waals surface area contributed by atoms with Crippen LogP contribution in [0.1, 0.15) is 0 Å². The van der Waals surface area contributed by atoms with Crippen LogP contribution in [0.15, 0.2) is 0 Å². The highest BCUT2D eigenvalue weighted by molar-refractivity contribution is 4.89. The lowest BCUT2D eigenvalue weighted by atomic mass is 10.2. The largest absolute Gasteiger partial charge is 0.410 e. The second-order valence-electron chi connectivity index (χ2n) is 1.48. The molecular formula is C4H2F5N. The van der Waals surface area contributed by atoms with E-state index in [1.165, 1.54) is 0 Å². The van der Waals surface area contributed by atoms with E-state index in [-0.39, 0.29) is 0 Å². The van der Waals surface area contributed by atoms with Crippen LogP contribution < -0.4 is 0 Å². The van der Waals surface area contributed by atoms with E-state index in [4.69, 9.17) is 5.26 Å². The minimum absolute atomic E-state index is 0.466. The first kappa shape index (κ1) is 9.14. The van der Waals surface area contributed by atoms with E-state index in [2.05, 4.69) is 0 Å². The van der Waals surface area contributed by atoms with Crippen LogP contribution >= 0.6 is 0 Å². The maximum absolute atomic E-state index is 11.3. The standard InChI is InChI=1S/C4H2F5N/c5-3(6)2(1-10)4(7,8)9/h2-3H. The number of hydrogen-bond acceptors (Lipinski definition) is 1. The fourth-order valence-electron chi connectivity index (χ4n) is 0.272. The molecule has 0 saturated carbocycles. The van der Waals surface area contributed by atoms with Crippen LogP contribution in [0.5, 0.6) is 0 Å². The summed E-state index contributed by atoms with van der Waals surface area (Å²) in [7, 11) is 0. The summed E-state index contributed by atoms with van der Waals surface area (Å²) in [5.74, 6) is -3.16. The molecule has 6 heteroatoms. The molecule has 0 N–H and O–H groups in total.